The molecule has 0 saturated carbocycles. The van der Waals surface area contributed by atoms with E-state index in [-0.39, 0.29) is 11.5 Å². The minimum atomic E-state index is -0.177. The second kappa shape index (κ2) is 9.70. The topological polar surface area (TPSA) is 57.9 Å². The summed E-state index contributed by atoms with van der Waals surface area (Å²) in [6, 6.07) is 15.5. The molecule has 2 aliphatic heterocycles. The van der Waals surface area contributed by atoms with Crippen molar-refractivity contribution in [3.05, 3.63) is 81.1 Å². The van der Waals surface area contributed by atoms with Crippen molar-refractivity contribution in [2.24, 2.45) is 0 Å². The number of carbonyl (C=O) groups is 1. The molecule has 3 aromatic rings. The zero-order valence-electron chi connectivity index (χ0n) is 17.8. The molecule has 1 amide bonds. The van der Waals surface area contributed by atoms with Crippen molar-refractivity contribution in [1.29, 1.82) is 0 Å². The maximum atomic E-state index is 13.4. The number of nitrogens with zero attached hydrogens (tertiary/aromatic N) is 4. The molecule has 2 saturated heterocycles. The zero-order valence-corrected chi connectivity index (χ0v) is 20.3. The van der Waals surface area contributed by atoms with Crippen molar-refractivity contribution in [3.63, 3.8) is 0 Å². The highest BCUT2D eigenvalue weighted by Crippen LogP contribution is 2.34. The summed E-state index contributed by atoms with van der Waals surface area (Å²) in [4.78, 5) is 35.7. The Balaban J connectivity index is 1.50. The average molecular weight is 495 g/mol. The first-order chi connectivity index (χ1) is 16.1. The molecule has 2 aromatic heterocycles. The third-order valence-corrected chi connectivity index (χ3v) is 8.00. The molecule has 0 unspecified atom stereocenters. The van der Waals surface area contributed by atoms with Gasteiger partial charge >= 0.3 is 0 Å². The Morgan fingerprint density at radius 2 is 1.79 bits per heavy atom. The monoisotopic (exact) mass is 494 g/mol. The Hall–Kier alpha value is -2.62. The van der Waals surface area contributed by atoms with Crippen molar-refractivity contribution >= 4 is 63.5 Å². The van der Waals surface area contributed by atoms with Crippen LogP contribution in [0.3, 0.4) is 0 Å². The number of fused-ring (bicyclic) bond motifs is 1. The number of aromatic nitrogens is 2. The van der Waals surface area contributed by atoms with Crippen molar-refractivity contribution in [1.82, 2.24) is 14.3 Å². The van der Waals surface area contributed by atoms with Crippen LogP contribution >= 0.6 is 35.7 Å². The van der Waals surface area contributed by atoms with Crippen LogP contribution in [0, 0.1) is 0 Å². The van der Waals surface area contributed by atoms with Gasteiger partial charge in [0.1, 0.15) is 15.8 Å². The third kappa shape index (κ3) is 4.58. The summed E-state index contributed by atoms with van der Waals surface area (Å²) < 4.78 is 2.05. The molecule has 33 heavy (non-hydrogen) atoms. The minimum Gasteiger partial charge on any atom is -0.354 e. The summed E-state index contributed by atoms with van der Waals surface area (Å²) in [7, 11) is 0. The Morgan fingerprint density at radius 1 is 1.03 bits per heavy atom. The lowest BCUT2D eigenvalue weighted by atomic mass is 10.1. The lowest BCUT2D eigenvalue weighted by Crippen LogP contribution is -2.36. The second-order valence-corrected chi connectivity index (χ2v) is 10.7. The molecule has 168 valence electrons. The summed E-state index contributed by atoms with van der Waals surface area (Å²) in [5.41, 5.74) is 2.01. The summed E-state index contributed by atoms with van der Waals surface area (Å²) in [6.45, 7) is 2.15. The quantitative estimate of drug-likeness (QED) is 0.396. The number of hydrogen-bond acceptors (Lipinski definition) is 7. The molecule has 0 aliphatic carbocycles. The molecule has 2 aliphatic rings. The molecule has 1 aromatic carbocycles. The van der Waals surface area contributed by atoms with Crippen LogP contribution in [0.25, 0.3) is 11.7 Å². The largest absolute Gasteiger partial charge is 0.354 e. The summed E-state index contributed by atoms with van der Waals surface area (Å²) in [6.07, 6.45) is 4.12. The summed E-state index contributed by atoms with van der Waals surface area (Å²) in [5.74, 6) is 2.45. The molecule has 0 radical (unpaired) electrons. The van der Waals surface area contributed by atoms with Gasteiger partial charge in [-0.3, -0.25) is 18.9 Å². The molecular formula is C24H22N4O2S3. The zero-order chi connectivity index (χ0) is 22.8. The van der Waals surface area contributed by atoms with Gasteiger partial charge < -0.3 is 4.90 Å². The van der Waals surface area contributed by atoms with Crippen molar-refractivity contribution in [3.8, 4) is 0 Å². The molecule has 0 atom stereocenters. The Kier molecular flexibility index (Phi) is 6.52. The van der Waals surface area contributed by atoms with E-state index in [1.54, 1.807) is 23.2 Å². The van der Waals surface area contributed by atoms with E-state index in [0.717, 1.165) is 36.6 Å². The number of carbonyl (C=O) groups excluding carboxylic acids is 1. The van der Waals surface area contributed by atoms with E-state index in [1.165, 1.54) is 16.2 Å². The molecule has 4 heterocycles. The number of benzene rings is 1. The predicted octanol–water partition coefficient (Wildman–Crippen LogP) is 3.69. The maximum Gasteiger partial charge on any atom is 0.267 e. The van der Waals surface area contributed by atoms with E-state index in [9.17, 15) is 9.59 Å². The Bertz CT molecular complexity index is 1300. The van der Waals surface area contributed by atoms with Crippen LogP contribution in [0.4, 0.5) is 5.82 Å². The van der Waals surface area contributed by atoms with Crippen LogP contribution in [0.15, 0.2) is 64.4 Å². The van der Waals surface area contributed by atoms with Crippen LogP contribution in [0.1, 0.15) is 11.1 Å². The molecule has 9 heteroatoms. The lowest BCUT2D eigenvalue weighted by molar-refractivity contribution is -0.122. The fraction of sp³-hybridized carbons (Fsp3) is 0.250. The van der Waals surface area contributed by atoms with Crippen LogP contribution < -0.4 is 10.5 Å². The van der Waals surface area contributed by atoms with Gasteiger partial charge in [0.25, 0.3) is 11.5 Å². The number of thioether (sulfide) groups is 2. The summed E-state index contributed by atoms with van der Waals surface area (Å²) in [5, 5.41) is 0. The summed E-state index contributed by atoms with van der Waals surface area (Å²) >= 11 is 8.66. The minimum absolute atomic E-state index is 0.154. The fourth-order valence-corrected chi connectivity index (χ4v) is 6.14. The van der Waals surface area contributed by atoms with Gasteiger partial charge in [0.15, 0.2) is 0 Å². The average Bonchev–Trinajstić information content (AvgIpc) is 3.12. The van der Waals surface area contributed by atoms with Gasteiger partial charge in [-0.05, 0) is 30.2 Å². The maximum absolute atomic E-state index is 13.4. The molecule has 2 fully saturated rings. The first kappa shape index (κ1) is 22.2. The predicted molar refractivity (Wildman–Crippen MR) is 141 cm³/mol. The molecule has 5 rings (SSSR count). The van der Waals surface area contributed by atoms with Gasteiger partial charge in [-0.25, -0.2) is 4.98 Å². The van der Waals surface area contributed by atoms with E-state index in [2.05, 4.69) is 4.90 Å². The van der Waals surface area contributed by atoms with Crippen molar-refractivity contribution in [2.45, 2.75) is 6.42 Å². The normalized spacial score (nSPS) is 18.0. The standard InChI is InChI=1S/C24H22N4O2S3/c29-22-18(21(26-12-14-32-15-13-26)25-20-8-4-5-10-27(20)22)16-19-23(30)28(24(31)33-19)11-9-17-6-2-1-3-7-17/h1-8,10,16H,9,11-15H2/b19-16+. The molecular weight excluding hydrogens is 472 g/mol. The van der Waals surface area contributed by atoms with Gasteiger partial charge in [0.2, 0.25) is 0 Å². The van der Waals surface area contributed by atoms with E-state index >= 15 is 0 Å². The van der Waals surface area contributed by atoms with Crippen LogP contribution in [-0.2, 0) is 11.2 Å². The number of amides is 1. The number of rotatable bonds is 5. The highest BCUT2D eigenvalue weighted by atomic mass is 32.2. The first-order valence-electron chi connectivity index (χ1n) is 10.8. The second-order valence-electron chi connectivity index (χ2n) is 7.75. The van der Waals surface area contributed by atoms with Gasteiger partial charge in [0.05, 0.1) is 10.5 Å². The van der Waals surface area contributed by atoms with Gasteiger partial charge in [-0.2, -0.15) is 11.8 Å². The van der Waals surface area contributed by atoms with Crippen LogP contribution in [-0.4, -0.2) is 55.7 Å². The highest BCUT2D eigenvalue weighted by Gasteiger charge is 2.32. The molecule has 0 bridgehead atoms. The number of anilines is 1. The van der Waals surface area contributed by atoms with Crippen molar-refractivity contribution < 1.29 is 4.79 Å². The number of hydrogen-bond donors (Lipinski definition) is 0. The lowest BCUT2D eigenvalue weighted by Gasteiger charge is -2.28. The fourth-order valence-electron chi connectivity index (χ4n) is 3.94. The Labute approximate surface area is 205 Å². The van der Waals surface area contributed by atoms with Gasteiger partial charge in [0, 0.05) is 37.3 Å². The molecule has 0 spiro atoms. The van der Waals surface area contributed by atoms with Gasteiger partial charge in [-0.15, -0.1) is 0 Å². The van der Waals surface area contributed by atoms with E-state index in [1.807, 2.05) is 54.2 Å². The number of pyridine rings is 1. The third-order valence-electron chi connectivity index (χ3n) is 5.68. The number of thiocarbonyl (C=S) groups is 1. The molecule has 0 N–H and O–H groups in total. The van der Waals surface area contributed by atoms with E-state index < -0.39 is 0 Å². The van der Waals surface area contributed by atoms with Crippen LogP contribution in [0.2, 0.25) is 0 Å². The molecule has 6 nitrogen and oxygen atoms in total. The van der Waals surface area contributed by atoms with Crippen LogP contribution in [0.5, 0.6) is 0 Å². The highest BCUT2D eigenvalue weighted by molar-refractivity contribution is 8.26. The first-order valence-corrected chi connectivity index (χ1v) is 13.1. The van der Waals surface area contributed by atoms with E-state index in [4.69, 9.17) is 17.2 Å². The smallest absolute Gasteiger partial charge is 0.267 e. The Morgan fingerprint density at radius 3 is 2.58 bits per heavy atom. The van der Waals surface area contributed by atoms with Crippen molar-refractivity contribution in [2.75, 3.05) is 36.0 Å². The SMILES string of the molecule is O=C1/C(=C\c2c(N3CCSCC3)nc3ccccn3c2=O)SC(=S)N1CCc1ccccc1. The van der Waals surface area contributed by atoms with E-state index in [0.29, 0.717) is 32.8 Å². The van der Waals surface area contributed by atoms with Gasteiger partial charge in [-0.1, -0.05) is 60.4 Å².